The number of hydrogen-bond acceptors (Lipinski definition) is 2. The predicted octanol–water partition coefficient (Wildman–Crippen LogP) is 4.14. The normalized spacial score (nSPS) is 27.2. The lowest BCUT2D eigenvalue weighted by molar-refractivity contribution is 0.369. The van der Waals surface area contributed by atoms with Gasteiger partial charge in [-0.25, -0.2) is 0 Å². The summed E-state index contributed by atoms with van der Waals surface area (Å²) in [6.07, 6.45) is 4.21. The van der Waals surface area contributed by atoms with Gasteiger partial charge in [-0.05, 0) is 55.2 Å². The molecule has 0 radical (unpaired) electrons. The molecule has 3 atom stereocenters. The average Bonchev–Trinajstić information content (AvgIpc) is 2.84. The Hall–Kier alpha value is -0.340. The van der Waals surface area contributed by atoms with Crippen LogP contribution in [0.5, 0.6) is 0 Å². The molecular formula is C14H23NS. The molecule has 3 unspecified atom stereocenters. The monoisotopic (exact) mass is 237 g/mol. The van der Waals surface area contributed by atoms with Gasteiger partial charge in [-0.15, -0.1) is 11.3 Å². The van der Waals surface area contributed by atoms with Gasteiger partial charge in [-0.2, -0.15) is 0 Å². The zero-order valence-corrected chi connectivity index (χ0v) is 11.4. The van der Waals surface area contributed by atoms with Crippen LogP contribution in [0, 0.1) is 18.8 Å². The smallest absolute Gasteiger partial charge is 0.0446 e. The molecule has 1 nitrogen and oxygen atoms in total. The fourth-order valence-electron chi connectivity index (χ4n) is 2.95. The molecule has 90 valence electrons. The van der Waals surface area contributed by atoms with E-state index in [2.05, 4.69) is 37.5 Å². The summed E-state index contributed by atoms with van der Waals surface area (Å²) in [6, 6.07) is 2.86. The zero-order valence-electron chi connectivity index (χ0n) is 10.6. The SMILES string of the molecule is CCNC(c1sccc1C)C1CCC(C)C1. The molecule has 1 aromatic rings. The fraction of sp³-hybridized carbons (Fsp3) is 0.714. The summed E-state index contributed by atoms with van der Waals surface area (Å²) in [7, 11) is 0. The van der Waals surface area contributed by atoms with Crippen molar-refractivity contribution in [2.45, 2.75) is 46.1 Å². The van der Waals surface area contributed by atoms with Gasteiger partial charge in [0.1, 0.15) is 0 Å². The molecule has 0 aliphatic heterocycles. The van der Waals surface area contributed by atoms with Gasteiger partial charge in [-0.1, -0.05) is 20.3 Å². The summed E-state index contributed by atoms with van der Waals surface area (Å²) in [5, 5.41) is 5.93. The highest BCUT2D eigenvalue weighted by atomic mass is 32.1. The van der Waals surface area contributed by atoms with Gasteiger partial charge in [0.2, 0.25) is 0 Å². The molecule has 1 aliphatic carbocycles. The van der Waals surface area contributed by atoms with Crippen LogP contribution in [0.1, 0.15) is 49.6 Å². The van der Waals surface area contributed by atoms with Crippen LogP contribution in [0.4, 0.5) is 0 Å². The van der Waals surface area contributed by atoms with Gasteiger partial charge in [0.15, 0.2) is 0 Å². The van der Waals surface area contributed by atoms with Crippen molar-refractivity contribution in [3.8, 4) is 0 Å². The summed E-state index contributed by atoms with van der Waals surface area (Å²) in [4.78, 5) is 1.57. The van der Waals surface area contributed by atoms with Crippen molar-refractivity contribution in [3.63, 3.8) is 0 Å². The first-order valence-electron chi connectivity index (χ1n) is 6.49. The lowest BCUT2D eigenvalue weighted by Crippen LogP contribution is -2.26. The molecule has 0 spiro atoms. The quantitative estimate of drug-likeness (QED) is 0.829. The molecule has 0 aromatic carbocycles. The maximum atomic E-state index is 3.70. The lowest BCUT2D eigenvalue weighted by Gasteiger charge is -2.24. The van der Waals surface area contributed by atoms with Crippen LogP contribution in [0.15, 0.2) is 11.4 Å². The Morgan fingerprint density at radius 2 is 2.31 bits per heavy atom. The third-order valence-electron chi connectivity index (χ3n) is 3.81. The number of nitrogens with one attached hydrogen (secondary N) is 1. The van der Waals surface area contributed by atoms with Crippen LogP contribution in [0.25, 0.3) is 0 Å². The highest BCUT2D eigenvalue weighted by Crippen LogP contribution is 2.41. The minimum Gasteiger partial charge on any atom is -0.309 e. The number of hydrogen-bond donors (Lipinski definition) is 1. The highest BCUT2D eigenvalue weighted by Gasteiger charge is 2.30. The topological polar surface area (TPSA) is 12.0 Å². The van der Waals surface area contributed by atoms with Crippen molar-refractivity contribution in [2.24, 2.45) is 11.8 Å². The maximum absolute atomic E-state index is 3.70. The van der Waals surface area contributed by atoms with E-state index in [9.17, 15) is 0 Å². The Morgan fingerprint density at radius 3 is 2.81 bits per heavy atom. The van der Waals surface area contributed by atoms with E-state index in [4.69, 9.17) is 0 Å². The summed E-state index contributed by atoms with van der Waals surface area (Å²) in [5.74, 6) is 1.78. The Kier molecular flexibility index (Phi) is 4.04. The van der Waals surface area contributed by atoms with Gasteiger partial charge < -0.3 is 5.32 Å². The van der Waals surface area contributed by atoms with Gasteiger partial charge in [0.25, 0.3) is 0 Å². The Morgan fingerprint density at radius 1 is 1.50 bits per heavy atom. The van der Waals surface area contributed by atoms with Gasteiger partial charge in [-0.3, -0.25) is 0 Å². The number of aryl methyl sites for hydroxylation is 1. The Bertz CT molecular complexity index is 331. The summed E-state index contributed by atoms with van der Waals surface area (Å²) < 4.78 is 0. The molecule has 1 N–H and O–H groups in total. The van der Waals surface area contributed by atoms with E-state index in [1.807, 2.05) is 11.3 Å². The number of rotatable bonds is 4. The molecular weight excluding hydrogens is 214 g/mol. The van der Waals surface area contributed by atoms with Gasteiger partial charge in [0, 0.05) is 10.9 Å². The van der Waals surface area contributed by atoms with E-state index >= 15 is 0 Å². The fourth-order valence-corrected chi connectivity index (χ4v) is 4.05. The van der Waals surface area contributed by atoms with E-state index in [1.165, 1.54) is 24.8 Å². The lowest BCUT2D eigenvalue weighted by atomic mass is 9.94. The largest absolute Gasteiger partial charge is 0.309 e. The van der Waals surface area contributed by atoms with Crippen LogP contribution in [0.2, 0.25) is 0 Å². The van der Waals surface area contributed by atoms with Crippen molar-refractivity contribution in [1.29, 1.82) is 0 Å². The van der Waals surface area contributed by atoms with E-state index in [-0.39, 0.29) is 0 Å². The molecule has 1 saturated carbocycles. The van der Waals surface area contributed by atoms with Crippen molar-refractivity contribution < 1.29 is 0 Å². The van der Waals surface area contributed by atoms with Gasteiger partial charge in [0.05, 0.1) is 0 Å². The molecule has 16 heavy (non-hydrogen) atoms. The molecule has 2 heteroatoms. The first-order valence-corrected chi connectivity index (χ1v) is 7.37. The first-order chi connectivity index (χ1) is 7.72. The van der Waals surface area contributed by atoms with Crippen LogP contribution in [-0.4, -0.2) is 6.54 Å². The van der Waals surface area contributed by atoms with E-state index in [0.717, 1.165) is 18.4 Å². The molecule has 1 heterocycles. The number of thiophene rings is 1. The second-order valence-corrected chi connectivity index (χ2v) is 6.13. The van der Waals surface area contributed by atoms with Crippen LogP contribution in [-0.2, 0) is 0 Å². The standard InChI is InChI=1S/C14H23NS/c1-4-15-13(12-6-5-10(2)9-12)14-11(3)7-8-16-14/h7-8,10,12-13,15H,4-6,9H2,1-3H3. The molecule has 0 bridgehead atoms. The van der Waals surface area contributed by atoms with Crippen LogP contribution < -0.4 is 5.32 Å². The molecule has 0 saturated heterocycles. The maximum Gasteiger partial charge on any atom is 0.0446 e. The zero-order chi connectivity index (χ0) is 11.5. The summed E-state index contributed by atoms with van der Waals surface area (Å²) in [6.45, 7) is 7.93. The first kappa shape index (κ1) is 12.1. The highest BCUT2D eigenvalue weighted by molar-refractivity contribution is 7.10. The van der Waals surface area contributed by atoms with Crippen LogP contribution in [0.3, 0.4) is 0 Å². The van der Waals surface area contributed by atoms with E-state index in [1.54, 1.807) is 4.88 Å². The summed E-state index contributed by atoms with van der Waals surface area (Å²) in [5.41, 5.74) is 1.47. The van der Waals surface area contributed by atoms with Crippen molar-refractivity contribution in [3.05, 3.63) is 21.9 Å². The average molecular weight is 237 g/mol. The van der Waals surface area contributed by atoms with Crippen molar-refractivity contribution in [2.75, 3.05) is 6.54 Å². The molecule has 1 aromatic heterocycles. The van der Waals surface area contributed by atoms with E-state index < -0.39 is 0 Å². The third-order valence-corrected chi connectivity index (χ3v) is 4.92. The van der Waals surface area contributed by atoms with Gasteiger partial charge >= 0.3 is 0 Å². The second-order valence-electron chi connectivity index (χ2n) is 5.18. The predicted molar refractivity (Wildman–Crippen MR) is 72.0 cm³/mol. The Balaban J connectivity index is 2.14. The minimum absolute atomic E-state index is 0.606. The molecule has 1 aliphatic rings. The van der Waals surface area contributed by atoms with E-state index in [0.29, 0.717) is 6.04 Å². The van der Waals surface area contributed by atoms with Crippen LogP contribution >= 0.6 is 11.3 Å². The molecule has 2 rings (SSSR count). The van der Waals surface area contributed by atoms with Crippen molar-refractivity contribution >= 4 is 11.3 Å². The Labute approximate surface area is 103 Å². The third kappa shape index (κ3) is 2.49. The molecule has 0 amide bonds. The molecule has 1 fully saturated rings. The second kappa shape index (κ2) is 5.33. The van der Waals surface area contributed by atoms with Crippen molar-refractivity contribution in [1.82, 2.24) is 5.32 Å². The summed E-state index contributed by atoms with van der Waals surface area (Å²) >= 11 is 1.92. The minimum atomic E-state index is 0.606.